The summed E-state index contributed by atoms with van der Waals surface area (Å²) in [6.45, 7) is 2.45. The molecule has 2 aromatic heterocycles. The number of amides is 4. The van der Waals surface area contributed by atoms with Gasteiger partial charge in [-0.25, -0.2) is 0 Å². The van der Waals surface area contributed by atoms with E-state index in [0.29, 0.717) is 15.3 Å². The molecule has 13 nitrogen and oxygen atoms in total. The van der Waals surface area contributed by atoms with E-state index in [2.05, 4.69) is 47.0 Å². The van der Waals surface area contributed by atoms with E-state index in [4.69, 9.17) is 0 Å². The molecule has 2 aromatic rings. The van der Waals surface area contributed by atoms with E-state index >= 15 is 0 Å². The number of nitrogens with one attached hydrogen (secondary N) is 4. The van der Waals surface area contributed by atoms with Crippen LogP contribution in [0, 0.1) is 5.92 Å². The van der Waals surface area contributed by atoms with Gasteiger partial charge in [-0.3, -0.25) is 38.6 Å². The number of aromatic nitrogens is 1. The standard InChI is InChI=1S/C27H34BrN7O6S/c1-29-24(39)20(36)8-7-18(30-25(40)22-17(28)9-12-42-22)23(38)31-19-6-4-10-34(26(19)41)15-21(37)32-27-33(2)13-16-5-3-11-35(27)14-16/h4,6,9-10,12,16,18,27H,3,5,7-8,11,13-15H2,1-2H3,(H,29,39)(H,30,40)(H,31,38)(H,32,37)/t16?,18-,27?/m0/s1. The highest BCUT2D eigenvalue weighted by atomic mass is 79.9. The molecule has 2 aliphatic rings. The maximum atomic E-state index is 13.3. The summed E-state index contributed by atoms with van der Waals surface area (Å²) in [5, 5.41) is 12.0. The summed E-state index contributed by atoms with van der Waals surface area (Å²) in [4.78, 5) is 80.6. The van der Waals surface area contributed by atoms with Crippen molar-refractivity contribution in [2.24, 2.45) is 5.92 Å². The van der Waals surface area contributed by atoms with Gasteiger partial charge in [0.1, 0.15) is 29.4 Å². The Labute approximate surface area is 255 Å². The van der Waals surface area contributed by atoms with Crippen molar-refractivity contribution in [3.8, 4) is 0 Å². The molecule has 4 amide bonds. The second-order valence-corrected chi connectivity index (χ2v) is 12.2. The van der Waals surface area contributed by atoms with Crippen molar-refractivity contribution >= 4 is 62.4 Å². The van der Waals surface area contributed by atoms with Crippen LogP contribution >= 0.6 is 27.3 Å². The molecule has 4 atom stereocenters. The highest BCUT2D eigenvalue weighted by Crippen LogP contribution is 2.25. The molecule has 0 radical (unpaired) electrons. The minimum absolute atomic E-state index is 0.0989. The van der Waals surface area contributed by atoms with E-state index in [1.807, 2.05) is 7.05 Å². The van der Waals surface area contributed by atoms with E-state index in [1.54, 1.807) is 11.4 Å². The smallest absolute Gasteiger partial charge is 0.287 e. The average Bonchev–Trinajstić information content (AvgIpc) is 3.40. The van der Waals surface area contributed by atoms with Crippen LogP contribution in [-0.2, 0) is 25.7 Å². The molecule has 4 heterocycles. The van der Waals surface area contributed by atoms with Gasteiger partial charge in [0.05, 0.1) is 0 Å². The number of halogens is 1. The number of Topliss-reactive ketones (excluding diaryl/α,β-unsaturated/α-hetero) is 1. The molecule has 3 unspecified atom stereocenters. The lowest BCUT2D eigenvalue weighted by atomic mass is 9.95. The van der Waals surface area contributed by atoms with Crippen LogP contribution < -0.4 is 26.8 Å². The third-order valence-corrected chi connectivity index (χ3v) is 9.16. The fraction of sp³-hybridized carbons (Fsp3) is 0.481. The fourth-order valence-electron chi connectivity index (χ4n) is 5.25. The third kappa shape index (κ3) is 7.70. The number of carbonyl (C=O) groups is 5. The molecule has 2 fully saturated rings. The first kappa shape index (κ1) is 31.5. The zero-order valence-electron chi connectivity index (χ0n) is 23.4. The minimum atomic E-state index is -1.23. The van der Waals surface area contributed by atoms with Crippen LogP contribution in [0.1, 0.15) is 35.4 Å². The molecule has 15 heteroatoms. The predicted molar refractivity (Wildman–Crippen MR) is 160 cm³/mol. The van der Waals surface area contributed by atoms with Crippen LogP contribution in [0.3, 0.4) is 0 Å². The zero-order chi connectivity index (χ0) is 30.4. The number of rotatable bonds is 11. The van der Waals surface area contributed by atoms with Gasteiger partial charge in [-0.2, -0.15) is 0 Å². The molecule has 226 valence electrons. The SMILES string of the molecule is CNC(=O)C(=O)CC[C@H](NC(=O)c1sccc1Br)C(=O)Nc1cccn(CC(=O)NC2N(C)CC3CCCN2C3)c1=O. The Bertz CT molecular complexity index is 1410. The first-order valence-corrected chi connectivity index (χ1v) is 15.3. The summed E-state index contributed by atoms with van der Waals surface area (Å²) in [6.07, 6.45) is 2.97. The van der Waals surface area contributed by atoms with Crippen molar-refractivity contribution in [3.63, 3.8) is 0 Å². The molecule has 0 spiro atoms. The molecule has 4 rings (SSSR count). The molecule has 0 aliphatic carbocycles. The Balaban J connectivity index is 1.44. The highest BCUT2D eigenvalue weighted by Gasteiger charge is 2.35. The van der Waals surface area contributed by atoms with Crippen molar-refractivity contribution in [2.45, 2.75) is 44.6 Å². The Morgan fingerprint density at radius 2 is 1.95 bits per heavy atom. The number of carbonyl (C=O) groups excluding carboxylic acids is 5. The van der Waals surface area contributed by atoms with Gasteiger partial charge in [-0.1, -0.05) is 0 Å². The lowest BCUT2D eigenvalue weighted by Crippen LogP contribution is -2.65. The lowest BCUT2D eigenvalue weighted by Gasteiger charge is -2.48. The number of hydrogen-bond acceptors (Lipinski definition) is 9. The molecule has 2 aliphatic heterocycles. The van der Waals surface area contributed by atoms with Crippen LogP contribution in [0.15, 0.2) is 39.0 Å². The molecule has 4 N–H and O–H groups in total. The quantitative estimate of drug-likeness (QED) is 0.254. The summed E-state index contributed by atoms with van der Waals surface area (Å²) < 4.78 is 1.73. The Morgan fingerprint density at radius 1 is 1.17 bits per heavy atom. The largest absolute Gasteiger partial charge is 0.353 e. The number of ketones is 1. The maximum absolute atomic E-state index is 13.3. The monoisotopic (exact) mass is 663 g/mol. The Kier molecular flexibility index (Phi) is 10.6. The van der Waals surface area contributed by atoms with Crippen LogP contribution in [0.4, 0.5) is 5.69 Å². The van der Waals surface area contributed by atoms with Crippen LogP contribution in [0.2, 0.25) is 0 Å². The molecule has 42 heavy (non-hydrogen) atoms. The first-order valence-electron chi connectivity index (χ1n) is 13.6. The number of fused-ring (bicyclic) bond motifs is 2. The maximum Gasteiger partial charge on any atom is 0.287 e. The molecular formula is C27H34BrN7O6S. The van der Waals surface area contributed by atoms with Crippen LogP contribution in [-0.4, -0.2) is 89.8 Å². The summed E-state index contributed by atoms with van der Waals surface area (Å²) in [5.74, 6) is -2.63. The van der Waals surface area contributed by atoms with Crippen molar-refractivity contribution in [1.29, 1.82) is 0 Å². The van der Waals surface area contributed by atoms with Gasteiger partial charge in [0.2, 0.25) is 17.6 Å². The molecular weight excluding hydrogens is 630 g/mol. The Morgan fingerprint density at radius 3 is 2.67 bits per heavy atom. The van der Waals surface area contributed by atoms with E-state index in [0.717, 1.165) is 37.4 Å². The summed E-state index contributed by atoms with van der Waals surface area (Å²) in [5.41, 5.74) is -0.707. The van der Waals surface area contributed by atoms with Crippen LogP contribution in [0.25, 0.3) is 0 Å². The van der Waals surface area contributed by atoms with E-state index < -0.39 is 35.1 Å². The second kappa shape index (κ2) is 14.2. The average molecular weight is 665 g/mol. The Hall–Kier alpha value is -3.40. The van der Waals surface area contributed by atoms with Gasteiger partial charge < -0.3 is 25.8 Å². The van der Waals surface area contributed by atoms with Gasteiger partial charge in [0.25, 0.3) is 17.4 Å². The molecule has 0 aromatic carbocycles. The minimum Gasteiger partial charge on any atom is -0.353 e. The lowest BCUT2D eigenvalue weighted by molar-refractivity contribution is -0.137. The summed E-state index contributed by atoms with van der Waals surface area (Å²) >= 11 is 4.44. The number of anilines is 1. The number of pyridine rings is 1. The fourth-order valence-corrected chi connectivity index (χ4v) is 6.71. The zero-order valence-corrected chi connectivity index (χ0v) is 25.8. The van der Waals surface area contributed by atoms with E-state index in [-0.39, 0.29) is 37.3 Å². The summed E-state index contributed by atoms with van der Waals surface area (Å²) in [6, 6.07) is 3.37. The number of likely N-dealkylation sites (N-methyl/N-ethyl adjacent to an activating group) is 1. The number of hydrogen-bond donors (Lipinski definition) is 4. The molecule has 2 saturated heterocycles. The first-order chi connectivity index (χ1) is 20.1. The van der Waals surface area contributed by atoms with Gasteiger partial charge in [0, 0.05) is 43.8 Å². The van der Waals surface area contributed by atoms with Gasteiger partial charge in [0.15, 0.2) is 0 Å². The third-order valence-electron chi connectivity index (χ3n) is 7.33. The van der Waals surface area contributed by atoms with Crippen LogP contribution in [0.5, 0.6) is 0 Å². The number of nitrogens with zero attached hydrogens (tertiary/aromatic N) is 3. The topological polar surface area (TPSA) is 162 Å². The number of piperidine rings is 1. The molecule has 0 saturated carbocycles. The number of thiophene rings is 1. The molecule has 2 bridgehead atoms. The van der Waals surface area contributed by atoms with Crippen molar-refractivity contribution in [1.82, 2.24) is 30.3 Å². The predicted octanol–water partition coefficient (Wildman–Crippen LogP) is 0.562. The summed E-state index contributed by atoms with van der Waals surface area (Å²) in [7, 11) is 3.28. The van der Waals surface area contributed by atoms with Crippen molar-refractivity contribution < 1.29 is 24.0 Å². The van der Waals surface area contributed by atoms with Crippen molar-refractivity contribution in [3.05, 3.63) is 49.5 Å². The van der Waals surface area contributed by atoms with E-state index in [1.165, 1.54) is 36.4 Å². The van der Waals surface area contributed by atoms with Gasteiger partial charge in [-0.05, 0) is 71.7 Å². The van der Waals surface area contributed by atoms with Gasteiger partial charge in [-0.15, -0.1) is 11.3 Å². The van der Waals surface area contributed by atoms with E-state index in [9.17, 15) is 28.8 Å². The van der Waals surface area contributed by atoms with Gasteiger partial charge >= 0.3 is 0 Å². The normalized spacial score (nSPS) is 20.7. The van der Waals surface area contributed by atoms with Crippen molar-refractivity contribution in [2.75, 3.05) is 39.0 Å². The highest BCUT2D eigenvalue weighted by molar-refractivity contribution is 9.10. The second-order valence-electron chi connectivity index (χ2n) is 10.4.